The minimum absolute atomic E-state index is 0.186. The third-order valence-electron chi connectivity index (χ3n) is 1.89. The third-order valence-corrected chi connectivity index (χ3v) is 1.89. The Bertz CT molecular complexity index is 562. The number of H-pyrrole nitrogens is 1. The van der Waals surface area contributed by atoms with Gasteiger partial charge in [0.05, 0.1) is 5.52 Å². The summed E-state index contributed by atoms with van der Waals surface area (Å²) in [7, 11) is 0. The largest absolute Gasteiger partial charge is 0.417 e. The van der Waals surface area contributed by atoms with E-state index in [0.29, 0.717) is 16.7 Å². The molecule has 4 nitrogen and oxygen atoms in total. The molecule has 14 heavy (non-hydrogen) atoms. The summed E-state index contributed by atoms with van der Waals surface area (Å²) in [6.07, 6.45) is 1.22. The van der Waals surface area contributed by atoms with E-state index in [-0.39, 0.29) is 5.78 Å². The first-order chi connectivity index (χ1) is 6.70. The predicted molar refractivity (Wildman–Crippen MR) is 51.4 cm³/mol. The van der Waals surface area contributed by atoms with Crippen LogP contribution in [0.15, 0.2) is 40.1 Å². The van der Waals surface area contributed by atoms with Crippen LogP contribution in [-0.4, -0.2) is 10.8 Å². The third kappa shape index (κ3) is 1.26. The number of ketones is 1. The Morgan fingerprint density at radius 1 is 1.50 bits per heavy atom. The Labute approximate surface area is 78.9 Å². The molecule has 0 atom stereocenters. The second kappa shape index (κ2) is 2.99. The molecule has 1 heterocycles. The number of carbonyl (C=O) groups is 1. The molecule has 1 aromatic heterocycles. The summed E-state index contributed by atoms with van der Waals surface area (Å²) in [4.78, 5) is 24.5. The lowest BCUT2D eigenvalue weighted by Crippen LogP contribution is -1.94. The van der Waals surface area contributed by atoms with Crippen LogP contribution in [0.25, 0.3) is 11.1 Å². The zero-order chi connectivity index (χ0) is 10.1. The highest BCUT2D eigenvalue weighted by Crippen LogP contribution is 2.12. The van der Waals surface area contributed by atoms with Gasteiger partial charge in [0.2, 0.25) is 0 Å². The number of oxazole rings is 1. The number of allylic oxidation sites excluding steroid dienone is 1. The number of benzene rings is 1. The zero-order valence-corrected chi connectivity index (χ0v) is 7.24. The van der Waals surface area contributed by atoms with Crippen molar-refractivity contribution < 1.29 is 9.21 Å². The van der Waals surface area contributed by atoms with Crippen LogP contribution in [0.1, 0.15) is 10.4 Å². The molecule has 0 aliphatic rings. The van der Waals surface area contributed by atoms with Crippen molar-refractivity contribution in [2.75, 3.05) is 0 Å². The van der Waals surface area contributed by atoms with E-state index < -0.39 is 5.76 Å². The smallest absolute Gasteiger partial charge is 0.408 e. The first-order valence-electron chi connectivity index (χ1n) is 4.00. The fourth-order valence-electron chi connectivity index (χ4n) is 1.22. The summed E-state index contributed by atoms with van der Waals surface area (Å²) in [5, 5.41) is 0. The number of rotatable bonds is 2. The fourth-order valence-corrected chi connectivity index (χ4v) is 1.22. The molecule has 0 unspecified atom stereocenters. The molecule has 0 aliphatic heterocycles. The molecular weight excluding hydrogens is 182 g/mol. The average molecular weight is 189 g/mol. The summed E-state index contributed by atoms with van der Waals surface area (Å²) in [6.45, 7) is 3.38. The Balaban J connectivity index is 2.66. The van der Waals surface area contributed by atoms with Crippen LogP contribution in [0.5, 0.6) is 0 Å². The number of fused-ring (bicyclic) bond motifs is 1. The number of aromatic nitrogens is 1. The highest BCUT2D eigenvalue weighted by atomic mass is 16.4. The highest BCUT2D eigenvalue weighted by molar-refractivity contribution is 6.05. The zero-order valence-electron chi connectivity index (χ0n) is 7.24. The van der Waals surface area contributed by atoms with E-state index in [4.69, 9.17) is 4.42 Å². The van der Waals surface area contributed by atoms with Crippen molar-refractivity contribution in [3.63, 3.8) is 0 Å². The monoisotopic (exact) mass is 189 g/mol. The molecule has 1 aromatic carbocycles. The van der Waals surface area contributed by atoms with E-state index in [1.54, 1.807) is 18.2 Å². The lowest BCUT2D eigenvalue weighted by atomic mass is 10.1. The molecule has 0 saturated carbocycles. The standard InChI is InChI=1S/C10H7NO3/c1-2-8(12)6-3-4-9-7(5-6)11-10(13)14-9/h2-5H,1H2,(H,11,13). The van der Waals surface area contributed by atoms with Gasteiger partial charge in [-0.25, -0.2) is 4.79 Å². The lowest BCUT2D eigenvalue weighted by molar-refractivity contribution is 0.104. The molecule has 1 N–H and O–H groups in total. The summed E-state index contributed by atoms with van der Waals surface area (Å²) < 4.78 is 4.79. The normalized spacial score (nSPS) is 10.3. The molecular formula is C10H7NO3. The van der Waals surface area contributed by atoms with Gasteiger partial charge >= 0.3 is 5.76 Å². The highest BCUT2D eigenvalue weighted by Gasteiger charge is 2.05. The van der Waals surface area contributed by atoms with Crippen LogP contribution >= 0.6 is 0 Å². The van der Waals surface area contributed by atoms with Crippen molar-refractivity contribution in [1.29, 1.82) is 0 Å². The lowest BCUT2D eigenvalue weighted by Gasteiger charge is -1.93. The first-order valence-corrected chi connectivity index (χ1v) is 4.00. The van der Waals surface area contributed by atoms with Gasteiger partial charge in [-0.2, -0.15) is 0 Å². The van der Waals surface area contributed by atoms with Crippen LogP contribution < -0.4 is 5.76 Å². The van der Waals surface area contributed by atoms with Gasteiger partial charge in [-0.15, -0.1) is 0 Å². The van der Waals surface area contributed by atoms with Crippen molar-refractivity contribution in [2.45, 2.75) is 0 Å². The molecule has 0 bridgehead atoms. The van der Waals surface area contributed by atoms with Gasteiger partial charge in [0.15, 0.2) is 11.4 Å². The number of nitrogens with one attached hydrogen (secondary N) is 1. The molecule has 0 fully saturated rings. The van der Waals surface area contributed by atoms with Gasteiger partial charge in [0.1, 0.15) is 0 Å². The van der Waals surface area contributed by atoms with Gasteiger partial charge in [0, 0.05) is 5.56 Å². The fraction of sp³-hybridized carbons (Fsp3) is 0. The summed E-state index contributed by atoms with van der Waals surface area (Å²) in [6, 6.07) is 4.72. The Morgan fingerprint density at radius 3 is 3.00 bits per heavy atom. The molecule has 0 aliphatic carbocycles. The van der Waals surface area contributed by atoms with Gasteiger partial charge in [-0.3, -0.25) is 9.78 Å². The Morgan fingerprint density at radius 2 is 2.29 bits per heavy atom. The van der Waals surface area contributed by atoms with Gasteiger partial charge < -0.3 is 4.42 Å². The molecule has 70 valence electrons. The van der Waals surface area contributed by atoms with Gasteiger partial charge in [-0.1, -0.05) is 6.58 Å². The van der Waals surface area contributed by atoms with Gasteiger partial charge in [0.25, 0.3) is 0 Å². The Kier molecular flexibility index (Phi) is 1.81. The molecule has 2 rings (SSSR count). The summed E-state index contributed by atoms with van der Waals surface area (Å²) in [5.41, 5.74) is 1.43. The van der Waals surface area contributed by atoms with Crippen LogP contribution in [0.2, 0.25) is 0 Å². The minimum atomic E-state index is -0.525. The Hall–Kier alpha value is -2.10. The van der Waals surface area contributed by atoms with E-state index >= 15 is 0 Å². The van der Waals surface area contributed by atoms with E-state index in [9.17, 15) is 9.59 Å². The van der Waals surface area contributed by atoms with Crippen molar-refractivity contribution in [2.24, 2.45) is 0 Å². The quantitative estimate of drug-likeness (QED) is 0.575. The summed E-state index contributed by atoms with van der Waals surface area (Å²) in [5.74, 6) is -0.711. The topological polar surface area (TPSA) is 63.1 Å². The van der Waals surface area contributed by atoms with E-state index in [1.165, 1.54) is 6.08 Å². The number of carbonyl (C=O) groups excluding carboxylic acids is 1. The molecule has 0 saturated heterocycles. The van der Waals surface area contributed by atoms with Crippen molar-refractivity contribution >= 4 is 16.9 Å². The number of hydrogen-bond donors (Lipinski definition) is 1. The minimum Gasteiger partial charge on any atom is -0.408 e. The second-order valence-corrected chi connectivity index (χ2v) is 2.79. The molecule has 2 aromatic rings. The second-order valence-electron chi connectivity index (χ2n) is 2.79. The average Bonchev–Trinajstić information content (AvgIpc) is 2.55. The van der Waals surface area contributed by atoms with E-state index in [2.05, 4.69) is 11.6 Å². The van der Waals surface area contributed by atoms with Crippen LogP contribution in [0.3, 0.4) is 0 Å². The van der Waals surface area contributed by atoms with Crippen LogP contribution in [0, 0.1) is 0 Å². The first kappa shape index (κ1) is 8.50. The number of hydrogen-bond acceptors (Lipinski definition) is 3. The van der Waals surface area contributed by atoms with Gasteiger partial charge in [-0.05, 0) is 24.3 Å². The van der Waals surface area contributed by atoms with Crippen molar-refractivity contribution in [3.05, 3.63) is 47.0 Å². The SMILES string of the molecule is C=CC(=O)c1ccc2oc(=O)[nH]c2c1. The molecule has 0 amide bonds. The maximum absolute atomic E-state index is 11.2. The molecule has 0 radical (unpaired) electrons. The maximum atomic E-state index is 11.2. The van der Waals surface area contributed by atoms with E-state index in [0.717, 1.165) is 0 Å². The predicted octanol–water partition coefficient (Wildman–Crippen LogP) is 1.49. The van der Waals surface area contributed by atoms with Crippen LogP contribution in [0.4, 0.5) is 0 Å². The number of aromatic amines is 1. The molecule has 0 spiro atoms. The summed E-state index contributed by atoms with van der Waals surface area (Å²) >= 11 is 0. The van der Waals surface area contributed by atoms with Crippen molar-refractivity contribution in [3.8, 4) is 0 Å². The van der Waals surface area contributed by atoms with Crippen molar-refractivity contribution in [1.82, 2.24) is 4.98 Å². The van der Waals surface area contributed by atoms with E-state index in [1.807, 2.05) is 0 Å². The van der Waals surface area contributed by atoms with Crippen LogP contribution in [-0.2, 0) is 0 Å². The maximum Gasteiger partial charge on any atom is 0.417 e. The molecule has 4 heteroatoms.